The minimum absolute atomic E-state index is 0.222. The van der Waals surface area contributed by atoms with Gasteiger partial charge in [0.25, 0.3) is 0 Å². The minimum Gasteiger partial charge on any atom is -0.285 e. The van der Waals surface area contributed by atoms with Crippen molar-refractivity contribution in [1.82, 2.24) is 0 Å². The smallest absolute Gasteiger partial charge is 0.208 e. The molecule has 2 heteroatoms. The Hall–Kier alpha value is -0.0400. The van der Waals surface area contributed by atoms with Crippen molar-refractivity contribution in [3.8, 4) is 0 Å². The van der Waals surface area contributed by atoms with Gasteiger partial charge in [-0.25, -0.2) is 0 Å². The van der Waals surface area contributed by atoms with Gasteiger partial charge >= 0.3 is 0 Å². The Kier molecular flexibility index (Phi) is 7.35. The van der Waals surface area contributed by atoms with Crippen molar-refractivity contribution in [2.75, 3.05) is 0 Å². The van der Waals surface area contributed by atoms with Crippen molar-refractivity contribution in [1.29, 1.82) is 0 Å². The van der Waals surface area contributed by atoms with Crippen LogP contribution in [0.15, 0.2) is 0 Å². The summed E-state index contributed by atoms with van der Waals surface area (Å²) in [6, 6.07) is 0. The molecule has 1 fully saturated rings. The van der Waals surface area contributed by atoms with Crippen LogP contribution < -0.4 is 0 Å². The Morgan fingerprint density at radius 1 is 1.23 bits per heavy atom. The number of carbonyl (C=O) groups is 1. The molecule has 0 radical (unpaired) electrons. The summed E-state index contributed by atoms with van der Waals surface area (Å²) in [6.45, 7) is 7.11. The van der Waals surface area contributed by atoms with Gasteiger partial charge in [0.1, 0.15) is 0 Å². The Balaban J connectivity index is 0.000000424. The molecule has 0 spiro atoms. The van der Waals surface area contributed by atoms with Crippen LogP contribution in [0.2, 0.25) is 0 Å². The van der Waals surface area contributed by atoms with Gasteiger partial charge in [-0.05, 0) is 42.2 Å². The first-order valence-corrected chi connectivity index (χ1v) is 5.59. The number of hydrogen-bond donors (Lipinski definition) is 0. The molecule has 0 aromatic carbocycles. The van der Waals surface area contributed by atoms with Crippen LogP contribution in [0.25, 0.3) is 0 Å². The normalized spacial score (nSPS) is 27.8. The molecular formula is C11H21ClO. The third-order valence-electron chi connectivity index (χ3n) is 3.00. The second-order valence-corrected chi connectivity index (χ2v) is 4.53. The molecule has 0 atom stereocenters. The first-order chi connectivity index (χ1) is 6.11. The van der Waals surface area contributed by atoms with Crippen molar-refractivity contribution in [3.05, 3.63) is 0 Å². The summed E-state index contributed by atoms with van der Waals surface area (Å²) in [4.78, 5) is 8.57. The molecule has 0 aromatic rings. The second kappa shape index (κ2) is 7.37. The number of hydrogen-bond acceptors (Lipinski definition) is 1. The molecule has 1 rings (SSSR count). The van der Waals surface area contributed by atoms with E-state index in [1.54, 1.807) is 0 Å². The zero-order chi connectivity index (χ0) is 10.3. The molecule has 0 heterocycles. The van der Waals surface area contributed by atoms with Crippen molar-refractivity contribution in [2.45, 2.75) is 46.5 Å². The van der Waals surface area contributed by atoms with Gasteiger partial charge in [-0.1, -0.05) is 33.6 Å². The zero-order valence-corrected chi connectivity index (χ0v) is 9.68. The van der Waals surface area contributed by atoms with Crippen LogP contribution in [0.3, 0.4) is 0 Å². The van der Waals surface area contributed by atoms with E-state index in [-0.39, 0.29) is 5.75 Å². The summed E-state index contributed by atoms with van der Waals surface area (Å²) in [5.74, 6) is 3.19. The Morgan fingerprint density at radius 3 is 1.92 bits per heavy atom. The maximum atomic E-state index is 8.57. The summed E-state index contributed by atoms with van der Waals surface area (Å²) >= 11 is 4.32. The van der Waals surface area contributed by atoms with E-state index >= 15 is 0 Å². The molecule has 1 aliphatic carbocycles. The number of halogens is 1. The molecule has 78 valence electrons. The van der Waals surface area contributed by atoms with Gasteiger partial charge in [0.15, 0.2) is 0 Å². The average molecular weight is 205 g/mol. The standard InChI is InChI=1S/C10H20.CHClO/c1-8(2)10-6-4-9(3)5-7-10;2-1-3/h8-10H,4-7H2,1-3H3;1H. The van der Waals surface area contributed by atoms with Crippen molar-refractivity contribution >= 4 is 17.3 Å². The van der Waals surface area contributed by atoms with E-state index in [4.69, 9.17) is 4.79 Å². The third-order valence-corrected chi connectivity index (χ3v) is 3.00. The first kappa shape index (κ1) is 13.0. The minimum atomic E-state index is 0.222. The molecule has 0 bridgehead atoms. The lowest BCUT2D eigenvalue weighted by atomic mass is 9.78. The molecule has 1 saturated carbocycles. The topological polar surface area (TPSA) is 17.1 Å². The largest absolute Gasteiger partial charge is 0.285 e. The molecule has 0 aromatic heterocycles. The van der Waals surface area contributed by atoms with Gasteiger partial charge in [0.2, 0.25) is 5.75 Å². The van der Waals surface area contributed by atoms with Crippen molar-refractivity contribution in [3.63, 3.8) is 0 Å². The van der Waals surface area contributed by atoms with E-state index in [1.807, 2.05) is 0 Å². The van der Waals surface area contributed by atoms with Gasteiger partial charge in [-0.3, -0.25) is 4.79 Å². The van der Waals surface area contributed by atoms with E-state index in [0.29, 0.717) is 0 Å². The third kappa shape index (κ3) is 6.09. The summed E-state index contributed by atoms with van der Waals surface area (Å²) in [5, 5.41) is 0. The van der Waals surface area contributed by atoms with Crippen LogP contribution in [-0.2, 0) is 4.79 Å². The van der Waals surface area contributed by atoms with Crippen LogP contribution in [0.5, 0.6) is 0 Å². The van der Waals surface area contributed by atoms with E-state index in [2.05, 4.69) is 32.4 Å². The average Bonchev–Trinajstić information content (AvgIpc) is 2.06. The lowest BCUT2D eigenvalue weighted by Crippen LogP contribution is -2.16. The second-order valence-electron chi connectivity index (χ2n) is 4.35. The summed E-state index contributed by atoms with van der Waals surface area (Å²) in [6.07, 6.45) is 5.92. The Morgan fingerprint density at radius 2 is 1.62 bits per heavy atom. The Bertz CT molecular complexity index is 126. The predicted molar refractivity (Wildman–Crippen MR) is 58.6 cm³/mol. The zero-order valence-electron chi connectivity index (χ0n) is 8.92. The SMILES string of the molecule is CC1CCC(C(C)C)CC1.O=CCl. The van der Waals surface area contributed by atoms with Gasteiger partial charge < -0.3 is 0 Å². The fourth-order valence-electron chi connectivity index (χ4n) is 1.95. The summed E-state index contributed by atoms with van der Waals surface area (Å²) < 4.78 is 0. The van der Waals surface area contributed by atoms with Crippen molar-refractivity contribution < 1.29 is 4.79 Å². The highest BCUT2D eigenvalue weighted by Gasteiger charge is 2.19. The quantitative estimate of drug-likeness (QED) is 0.468. The molecular weight excluding hydrogens is 184 g/mol. The fourth-order valence-corrected chi connectivity index (χ4v) is 1.95. The van der Waals surface area contributed by atoms with Gasteiger partial charge in [-0.2, -0.15) is 0 Å². The highest BCUT2D eigenvalue weighted by Crippen LogP contribution is 2.32. The van der Waals surface area contributed by atoms with Gasteiger partial charge in [-0.15, -0.1) is 0 Å². The van der Waals surface area contributed by atoms with E-state index in [1.165, 1.54) is 25.7 Å². The fraction of sp³-hybridized carbons (Fsp3) is 0.909. The summed E-state index contributed by atoms with van der Waals surface area (Å²) in [7, 11) is 0. The molecule has 13 heavy (non-hydrogen) atoms. The highest BCUT2D eigenvalue weighted by molar-refractivity contribution is 6.54. The molecule has 0 aliphatic heterocycles. The lowest BCUT2D eigenvalue weighted by Gasteiger charge is -2.28. The first-order valence-electron chi connectivity index (χ1n) is 5.15. The van der Waals surface area contributed by atoms with Crippen LogP contribution in [-0.4, -0.2) is 5.75 Å². The molecule has 0 N–H and O–H groups in total. The van der Waals surface area contributed by atoms with Crippen molar-refractivity contribution in [2.24, 2.45) is 17.8 Å². The van der Waals surface area contributed by atoms with E-state index in [0.717, 1.165) is 17.8 Å². The molecule has 0 saturated heterocycles. The van der Waals surface area contributed by atoms with Crippen LogP contribution in [0.4, 0.5) is 0 Å². The monoisotopic (exact) mass is 204 g/mol. The molecule has 1 nitrogen and oxygen atoms in total. The predicted octanol–water partition coefficient (Wildman–Crippen LogP) is 3.88. The maximum Gasteiger partial charge on any atom is 0.208 e. The molecule has 0 amide bonds. The number of carbonyl (C=O) groups excluding carboxylic acids is 1. The molecule has 1 aliphatic rings. The van der Waals surface area contributed by atoms with Crippen LogP contribution in [0.1, 0.15) is 46.5 Å². The number of rotatable bonds is 1. The summed E-state index contributed by atoms with van der Waals surface area (Å²) in [5.41, 5.74) is 0. The van der Waals surface area contributed by atoms with Crippen LogP contribution >= 0.6 is 11.6 Å². The van der Waals surface area contributed by atoms with Crippen LogP contribution in [0, 0.1) is 17.8 Å². The molecule has 0 unspecified atom stereocenters. The van der Waals surface area contributed by atoms with Gasteiger partial charge in [0.05, 0.1) is 0 Å². The Labute approximate surface area is 86.9 Å². The van der Waals surface area contributed by atoms with E-state index in [9.17, 15) is 0 Å². The lowest BCUT2D eigenvalue weighted by molar-refractivity contribution is 0.234. The van der Waals surface area contributed by atoms with Gasteiger partial charge in [0, 0.05) is 0 Å². The maximum absolute atomic E-state index is 8.57. The highest BCUT2D eigenvalue weighted by atomic mass is 35.5. The van der Waals surface area contributed by atoms with E-state index < -0.39 is 0 Å².